The third kappa shape index (κ3) is 4.94. The molecule has 5 rings (SSSR count). The molecule has 2 aromatic carbocycles. The standard InChI is InChI=1S/C27H34N4O/c1-22-28-29-26(32-22)25-20-27(21-31(25)17-13-24-10-6-3-7-11-24)14-18-30(19-15-27)16-12-23-8-4-2-5-9-23/h2-11,25H,12-21H2,1H3. The van der Waals surface area contributed by atoms with E-state index in [0.717, 1.165) is 44.8 Å². The summed E-state index contributed by atoms with van der Waals surface area (Å²) in [5.74, 6) is 1.47. The Labute approximate surface area is 191 Å². The molecule has 2 fully saturated rings. The van der Waals surface area contributed by atoms with Crippen molar-refractivity contribution in [2.75, 3.05) is 32.7 Å². The molecule has 3 aromatic rings. The summed E-state index contributed by atoms with van der Waals surface area (Å²) in [6.07, 6.45) is 5.85. The average Bonchev–Trinajstić information content (AvgIpc) is 3.42. The Bertz CT molecular complexity index is 979. The van der Waals surface area contributed by atoms with Crippen LogP contribution in [0, 0.1) is 12.3 Å². The maximum absolute atomic E-state index is 5.92. The Morgan fingerprint density at radius 3 is 2.09 bits per heavy atom. The zero-order chi connectivity index (χ0) is 21.8. The highest BCUT2D eigenvalue weighted by Crippen LogP contribution is 2.48. The number of likely N-dealkylation sites (tertiary alicyclic amines) is 2. The van der Waals surface area contributed by atoms with Gasteiger partial charge in [0, 0.05) is 26.6 Å². The van der Waals surface area contributed by atoms with Crippen molar-refractivity contribution in [3.05, 3.63) is 83.6 Å². The number of benzene rings is 2. The van der Waals surface area contributed by atoms with Gasteiger partial charge < -0.3 is 9.32 Å². The molecule has 3 heterocycles. The van der Waals surface area contributed by atoms with Crippen molar-refractivity contribution in [2.45, 2.75) is 45.1 Å². The van der Waals surface area contributed by atoms with E-state index in [0.29, 0.717) is 11.3 Å². The van der Waals surface area contributed by atoms with Crippen molar-refractivity contribution in [2.24, 2.45) is 5.41 Å². The second-order valence-corrected chi connectivity index (χ2v) is 9.66. The number of hydrogen-bond acceptors (Lipinski definition) is 5. The molecule has 0 amide bonds. The van der Waals surface area contributed by atoms with E-state index in [1.165, 1.54) is 37.1 Å². The first-order chi connectivity index (χ1) is 15.7. The van der Waals surface area contributed by atoms with E-state index < -0.39 is 0 Å². The quantitative estimate of drug-likeness (QED) is 0.544. The first-order valence-electron chi connectivity index (χ1n) is 12.0. The Morgan fingerprint density at radius 2 is 1.50 bits per heavy atom. The Kier molecular flexibility index (Phi) is 6.37. The summed E-state index contributed by atoms with van der Waals surface area (Å²) in [6.45, 7) is 7.60. The highest BCUT2D eigenvalue weighted by atomic mass is 16.4. The number of rotatable bonds is 7. The summed E-state index contributed by atoms with van der Waals surface area (Å²) in [7, 11) is 0. The van der Waals surface area contributed by atoms with E-state index in [1.54, 1.807) is 0 Å². The summed E-state index contributed by atoms with van der Waals surface area (Å²) < 4.78 is 5.92. The van der Waals surface area contributed by atoms with Gasteiger partial charge in [0.1, 0.15) is 0 Å². The van der Waals surface area contributed by atoms with E-state index in [4.69, 9.17) is 4.42 Å². The summed E-state index contributed by atoms with van der Waals surface area (Å²) in [4.78, 5) is 5.26. The van der Waals surface area contributed by atoms with E-state index in [9.17, 15) is 0 Å². The first-order valence-corrected chi connectivity index (χ1v) is 12.0. The number of nitrogens with zero attached hydrogens (tertiary/aromatic N) is 4. The number of aryl methyl sites for hydroxylation is 1. The second kappa shape index (κ2) is 9.55. The molecule has 0 saturated carbocycles. The molecule has 0 bridgehead atoms. The van der Waals surface area contributed by atoms with E-state index in [2.05, 4.69) is 80.7 Å². The molecule has 168 valence electrons. The van der Waals surface area contributed by atoms with Crippen LogP contribution < -0.4 is 0 Å². The Balaban J connectivity index is 1.22. The summed E-state index contributed by atoms with van der Waals surface area (Å²) in [6, 6.07) is 21.9. The van der Waals surface area contributed by atoms with Gasteiger partial charge in [-0.15, -0.1) is 10.2 Å². The van der Waals surface area contributed by atoms with Crippen LogP contribution in [-0.4, -0.2) is 52.7 Å². The lowest BCUT2D eigenvalue weighted by Gasteiger charge is -2.39. The van der Waals surface area contributed by atoms with Crippen LogP contribution in [0.2, 0.25) is 0 Å². The van der Waals surface area contributed by atoms with E-state index in [-0.39, 0.29) is 6.04 Å². The number of hydrogen-bond donors (Lipinski definition) is 0. The molecular weight excluding hydrogens is 396 g/mol. The highest BCUT2D eigenvalue weighted by molar-refractivity contribution is 5.16. The smallest absolute Gasteiger partial charge is 0.233 e. The van der Waals surface area contributed by atoms with Gasteiger partial charge in [0.2, 0.25) is 11.8 Å². The predicted molar refractivity (Wildman–Crippen MR) is 126 cm³/mol. The molecule has 2 aliphatic heterocycles. The lowest BCUT2D eigenvalue weighted by Crippen LogP contribution is -2.42. The van der Waals surface area contributed by atoms with Crippen molar-refractivity contribution >= 4 is 0 Å². The minimum Gasteiger partial charge on any atom is -0.424 e. The van der Waals surface area contributed by atoms with Crippen molar-refractivity contribution in [3.8, 4) is 0 Å². The second-order valence-electron chi connectivity index (χ2n) is 9.66. The number of aromatic nitrogens is 2. The van der Waals surface area contributed by atoms with Gasteiger partial charge in [-0.25, -0.2) is 0 Å². The Hall–Kier alpha value is -2.50. The molecule has 5 nitrogen and oxygen atoms in total. The molecular formula is C27H34N4O. The van der Waals surface area contributed by atoms with Crippen LogP contribution in [0.5, 0.6) is 0 Å². The summed E-state index contributed by atoms with van der Waals surface area (Å²) in [5.41, 5.74) is 3.20. The fourth-order valence-corrected chi connectivity index (χ4v) is 5.53. The van der Waals surface area contributed by atoms with Crippen molar-refractivity contribution in [1.82, 2.24) is 20.0 Å². The average molecular weight is 431 g/mol. The van der Waals surface area contributed by atoms with Crippen LogP contribution in [0.25, 0.3) is 0 Å². The minimum absolute atomic E-state index is 0.246. The lowest BCUT2D eigenvalue weighted by atomic mass is 9.76. The molecule has 0 aliphatic carbocycles. The van der Waals surface area contributed by atoms with E-state index >= 15 is 0 Å². The molecule has 1 atom stereocenters. The minimum atomic E-state index is 0.246. The topological polar surface area (TPSA) is 45.4 Å². The lowest BCUT2D eigenvalue weighted by molar-refractivity contribution is 0.109. The Morgan fingerprint density at radius 1 is 0.875 bits per heavy atom. The summed E-state index contributed by atoms with van der Waals surface area (Å²) >= 11 is 0. The van der Waals surface area contributed by atoms with Gasteiger partial charge in [0.15, 0.2) is 0 Å². The molecule has 1 spiro atoms. The van der Waals surface area contributed by atoms with Gasteiger partial charge in [-0.3, -0.25) is 4.90 Å². The zero-order valence-corrected chi connectivity index (χ0v) is 19.1. The molecule has 32 heavy (non-hydrogen) atoms. The largest absolute Gasteiger partial charge is 0.424 e. The first kappa shape index (κ1) is 21.4. The van der Waals surface area contributed by atoms with Crippen molar-refractivity contribution in [1.29, 1.82) is 0 Å². The third-order valence-electron chi connectivity index (χ3n) is 7.44. The predicted octanol–water partition coefficient (Wildman–Crippen LogP) is 4.69. The zero-order valence-electron chi connectivity index (χ0n) is 19.1. The highest BCUT2D eigenvalue weighted by Gasteiger charge is 2.47. The third-order valence-corrected chi connectivity index (χ3v) is 7.44. The van der Waals surface area contributed by atoms with Gasteiger partial charge in [0.05, 0.1) is 6.04 Å². The maximum Gasteiger partial charge on any atom is 0.233 e. The number of piperidine rings is 1. The molecule has 0 N–H and O–H groups in total. The van der Waals surface area contributed by atoms with Gasteiger partial charge in [-0.2, -0.15) is 0 Å². The van der Waals surface area contributed by atoms with Gasteiger partial charge >= 0.3 is 0 Å². The van der Waals surface area contributed by atoms with Crippen LogP contribution >= 0.6 is 0 Å². The fraction of sp³-hybridized carbons (Fsp3) is 0.481. The molecule has 2 aliphatic rings. The summed E-state index contributed by atoms with van der Waals surface area (Å²) in [5, 5.41) is 8.55. The molecule has 0 radical (unpaired) electrons. The molecule has 1 aromatic heterocycles. The van der Waals surface area contributed by atoms with Crippen molar-refractivity contribution in [3.63, 3.8) is 0 Å². The molecule has 1 unspecified atom stereocenters. The van der Waals surface area contributed by atoms with Gasteiger partial charge in [0.25, 0.3) is 0 Å². The van der Waals surface area contributed by atoms with Gasteiger partial charge in [-0.05, 0) is 61.7 Å². The van der Waals surface area contributed by atoms with Crippen molar-refractivity contribution < 1.29 is 4.42 Å². The molecule has 5 heteroatoms. The normalized spacial score (nSPS) is 21.3. The van der Waals surface area contributed by atoms with Crippen LogP contribution in [0.15, 0.2) is 65.1 Å². The van der Waals surface area contributed by atoms with Crippen LogP contribution in [0.3, 0.4) is 0 Å². The fourth-order valence-electron chi connectivity index (χ4n) is 5.53. The van der Waals surface area contributed by atoms with E-state index in [1.807, 2.05) is 6.92 Å². The maximum atomic E-state index is 5.92. The van der Waals surface area contributed by atoms with Crippen LogP contribution in [0.4, 0.5) is 0 Å². The molecule has 2 saturated heterocycles. The monoisotopic (exact) mass is 430 g/mol. The van der Waals surface area contributed by atoms with Gasteiger partial charge in [-0.1, -0.05) is 60.7 Å². The SMILES string of the molecule is Cc1nnc(C2CC3(CCN(CCc4ccccc4)CC3)CN2CCc2ccccc2)o1. The van der Waals surface area contributed by atoms with Crippen LogP contribution in [0.1, 0.15) is 48.2 Å². The van der Waals surface area contributed by atoms with Crippen LogP contribution in [-0.2, 0) is 12.8 Å².